The second-order valence-corrected chi connectivity index (χ2v) is 6.53. The molecular formula is C14H18ClN5O3. The SMILES string of the molecule is CC(C)(C)OC(=O)n1ncc2c(N3CCOCC3)nc(Cl)nc21. The van der Waals surface area contributed by atoms with Crippen molar-refractivity contribution < 1.29 is 14.3 Å². The van der Waals surface area contributed by atoms with Gasteiger partial charge in [-0.2, -0.15) is 15.1 Å². The molecule has 0 spiro atoms. The average Bonchev–Trinajstić information content (AvgIpc) is 2.89. The van der Waals surface area contributed by atoms with Crippen LogP contribution >= 0.6 is 11.6 Å². The predicted octanol–water partition coefficient (Wildman–Crippen LogP) is 2.10. The molecule has 0 amide bonds. The summed E-state index contributed by atoms with van der Waals surface area (Å²) in [5, 5.41) is 4.81. The van der Waals surface area contributed by atoms with E-state index in [0.717, 1.165) is 4.68 Å². The Bertz CT molecular complexity index is 734. The topological polar surface area (TPSA) is 82.4 Å². The Labute approximate surface area is 138 Å². The Morgan fingerprint density at radius 1 is 1.30 bits per heavy atom. The lowest BCUT2D eigenvalue weighted by Crippen LogP contribution is -2.37. The maximum Gasteiger partial charge on any atom is 0.437 e. The summed E-state index contributed by atoms with van der Waals surface area (Å²) in [6.45, 7) is 7.99. The lowest BCUT2D eigenvalue weighted by atomic mass is 10.2. The Morgan fingerprint density at radius 3 is 2.65 bits per heavy atom. The van der Waals surface area contributed by atoms with Crippen LogP contribution in [0.25, 0.3) is 11.0 Å². The molecule has 9 heteroatoms. The Balaban J connectivity index is 2.03. The molecule has 3 heterocycles. The number of ether oxygens (including phenoxy) is 2. The van der Waals surface area contributed by atoms with Crippen LogP contribution in [0, 0.1) is 0 Å². The fourth-order valence-electron chi connectivity index (χ4n) is 2.32. The molecule has 124 valence electrons. The van der Waals surface area contributed by atoms with E-state index in [1.807, 2.05) is 4.90 Å². The van der Waals surface area contributed by atoms with Gasteiger partial charge in [0.25, 0.3) is 0 Å². The molecule has 1 saturated heterocycles. The highest BCUT2D eigenvalue weighted by Gasteiger charge is 2.24. The van der Waals surface area contributed by atoms with E-state index in [4.69, 9.17) is 21.1 Å². The first kappa shape index (κ1) is 15.9. The van der Waals surface area contributed by atoms with Crippen LogP contribution in [-0.4, -0.2) is 57.7 Å². The molecule has 0 saturated carbocycles. The van der Waals surface area contributed by atoms with E-state index in [-0.39, 0.29) is 5.28 Å². The van der Waals surface area contributed by atoms with Crippen molar-refractivity contribution in [3.63, 3.8) is 0 Å². The van der Waals surface area contributed by atoms with Gasteiger partial charge in [0.05, 0.1) is 24.8 Å². The van der Waals surface area contributed by atoms with Crippen LogP contribution in [0.4, 0.5) is 10.6 Å². The van der Waals surface area contributed by atoms with E-state index in [1.165, 1.54) is 0 Å². The highest BCUT2D eigenvalue weighted by atomic mass is 35.5. The van der Waals surface area contributed by atoms with Gasteiger partial charge in [0.2, 0.25) is 5.28 Å². The van der Waals surface area contributed by atoms with Gasteiger partial charge in [-0.3, -0.25) is 0 Å². The van der Waals surface area contributed by atoms with Crippen molar-refractivity contribution in [2.24, 2.45) is 0 Å². The third-order valence-electron chi connectivity index (χ3n) is 3.26. The van der Waals surface area contributed by atoms with Crippen LogP contribution in [0.5, 0.6) is 0 Å². The number of hydrogen-bond acceptors (Lipinski definition) is 7. The zero-order valence-corrected chi connectivity index (χ0v) is 14.0. The smallest absolute Gasteiger partial charge is 0.437 e. The molecular weight excluding hydrogens is 322 g/mol. The van der Waals surface area contributed by atoms with Gasteiger partial charge in [-0.1, -0.05) is 0 Å². The number of aromatic nitrogens is 4. The van der Waals surface area contributed by atoms with E-state index >= 15 is 0 Å². The summed E-state index contributed by atoms with van der Waals surface area (Å²) in [5.74, 6) is 0.651. The molecule has 0 aliphatic carbocycles. The maximum absolute atomic E-state index is 12.3. The van der Waals surface area contributed by atoms with Crippen molar-refractivity contribution in [3.8, 4) is 0 Å². The molecule has 2 aromatic rings. The first-order valence-corrected chi connectivity index (χ1v) is 7.70. The molecule has 1 fully saturated rings. The second-order valence-electron chi connectivity index (χ2n) is 6.19. The molecule has 3 rings (SSSR count). The first-order valence-electron chi connectivity index (χ1n) is 7.32. The Kier molecular flexibility index (Phi) is 4.11. The number of nitrogens with zero attached hydrogens (tertiary/aromatic N) is 5. The highest BCUT2D eigenvalue weighted by molar-refractivity contribution is 6.28. The molecule has 0 atom stereocenters. The van der Waals surface area contributed by atoms with E-state index in [2.05, 4.69) is 15.1 Å². The largest absolute Gasteiger partial charge is 0.442 e. The first-order chi connectivity index (χ1) is 10.8. The molecule has 0 bridgehead atoms. The van der Waals surface area contributed by atoms with Crippen LogP contribution in [-0.2, 0) is 9.47 Å². The van der Waals surface area contributed by atoms with Gasteiger partial charge < -0.3 is 14.4 Å². The van der Waals surface area contributed by atoms with Crippen molar-refractivity contribution in [2.45, 2.75) is 26.4 Å². The van der Waals surface area contributed by atoms with Crippen molar-refractivity contribution in [1.29, 1.82) is 0 Å². The summed E-state index contributed by atoms with van der Waals surface area (Å²) in [6, 6.07) is 0. The van der Waals surface area contributed by atoms with Crippen LogP contribution in [0.2, 0.25) is 5.28 Å². The summed E-state index contributed by atoms with van der Waals surface area (Å²) in [5.41, 5.74) is -0.292. The van der Waals surface area contributed by atoms with Crippen LogP contribution in [0.15, 0.2) is 6.20 Å². The van der Waals surface area contributed by atoms with Gasteiger partial charge in [0.1, 0.15) is 11.4 Å². The van der Waals surface area contributed by atoms with Crippen LogP contribution in [0.1, 0.15) is 20.8 Å². The predicted molar refractivity (Wildman–Crippen MR) is 85.0 cm³/mol. The molecule has 1 aliphatic rings. The number of carbonyl (C=O) groups is 1. The summed E-state index contributed by atoms with van der Waals surface area (Å²) in [6.07, 6.45) is 0.954. The maximum atomic E-state index is 12.3. The van der Waals surface area contributed by atoms with E-state index in [1.54, 1.807) is 27.0 Å². The minimum absolute atomic E-state index is 0.0595. The minimum Gasteiger partial charge on any atom is -0.442 e. The fraction of sp³-hybridized carbons (Fsp3) is 0.571. The molecule has 0 unspecified atom stereocenters. The van der Waals surface area contributed by atoms with Crippen LogP contribution in [0.3, 0.4) is 0 Å². The molecule has 0 N–H and O–H groups in total. The summed E-state index contributed by atoms with van der Waals surface area (Å²) in [7, 11) is 0. The lowest BCUT2D eigenvalue weighted by molar-refractivity contribution is 0.0522. The zero-order chi connectivity index (χ0) is 16.6. The van der Waals surface area contributed by atoms with E-state index < -0.39 is 11.7 Å². The summed E-state index contributed by atoms with van der Waals surface area (Å²) >= 11 is 6.04. The fourth-order valence-corrected chi connectivity index (χ4v) is 2.48. The zero-order valence-electron chi connectivity index (χ0n) is 13.2. The van der Waals surface area contributed by atoms with Gasteiger partial charge in [-0.15, -0.1) is 4.68 Å². The van der Waals surface area contributed by atoms with Crippen molar-refractivity contribution in [3.05, 3.63) is 11.5 Å². The number of fused-ring (bicyclic) bond motifs is 1. The van der Waals surface area contributed by atoms with Crippen molar-refractivity contribution >= 4 is 34.5 Å². The third-order valence-corrected chi connectivity index (χ3v) is 3.43. The monoisotopic (exact) mass is 339 g/mol. The number of rotatable bonds is 1. The molecule has 0 radical (unpaired) electrons. The highest BCUT2D eigenvalue weighted by Crippen LogP contribution is 2.26. The molecule has 23 heavy (non-hydrogen) atoms. The Hall–Kier alpha value is -1.93. The van der Waals surface area contributed by atoms with E-state index in [9.17, 15) is 4.79 Å². The molecule has 8 nitrogen and oxygen atoms in total. The lowest BCUT2D eigenvalue weighted by Gasteiger charge is -2.28. The Morgan fingerprint density at radius 2 is 2.00 bits per heavy atom. The summed E-state index contributed by atoms with van der Waals surface area (Å²) in [4.78, 5) is 22.7. The molecule has 0 aromatic carbocycles. The van der Waals surface area contributed by atoms with Gasteiger partial charge in [0.15, 0.2) is 5.65 Å². The number of morpholine rings is 1. The van der Waals surface area contributed by atoms with Gasteiger partial charge in [0, 0.05) is 13.1 Å². The molecule has 1 aliphatic heterocycles. The third kappa shape index (κ3) is 3.37. The quantitative estimate of drug-likeness (QED) is 0.736. The number of hydrogen-bond donors (Lipinski definition) is 0. The van der Waals surface area contributed by atoms with Crippen LogP contribution < -0.4 is 4.90 Å². The number of anilines is 1. The second kappa shape index (κ2) is 5.93. The van der Waals surface area contributed by atoms with Crippen molar-refractivity contribution in [1.82, 2.24) is 19.7 Å². The van der Waals surface area contributed by atoms with Gasteiger partial charge in [-0.05, 0) is 32.4 Å². The minimum atomic E-state index is -0.626. The molecule has 2 aromatic heterocycles. The summed E-state index contributed by atoms with van der Waals surface area (Å²) < 4.78 is 11.8. The standard InChI is InChI=1S/C14H18ClN5O3/c1-14(2,3)23-13(21)20-11-9(8-16-20)10(17-12(15)18-11)19-4-6-22-7-5-19/h8H,4-7H2,1-3H3. The number of carbonyl (C=O) groups excluding carboxylic acids is 1. The normalized spacial score (nSPS) is 15.9. The average molecular weight is 340 g/mol. The number of halogens is 1. The van der Waals surface area contributed by atoms with Crippen molar-refractivity contribution in [2.75, 3.05) is 31.2 Å². The van der Waals surface area contributed by atoms with Gasteiger partial charge in [-0.25, -0.2) is 4.79 Å². The van der Waals surface area contributed by atoms with E-state index in [0.29, 0.717) is 43.2 Å². The van der Waals surface area contributed by atoms with Gasteiger partial charge >= 0.3 is 6.09 Å².